The molecule has 0 aliphatic carbocycles. The molecule has 2 aromatic heterocycles. The Morgan fingerprint density at radius 2 is 2.19 bits per heavy atom. The van der Waals surface area contributed by atoms with E-state index in [-0.39, 0.29) is 11.9 Å². The van der Waals surface area contributed by atoms with Crippen LogP contribution in [0.1, 0.15) is 29.6 Å². The Morgan fingerprint density at radius 3 is 2.96 bits per heavy atom. The fourth-order valence-electron chi connectivity index (χ4n) is 3.31. The first-order chi connectivity index (χ1) is 12.7. The van der Waals surface area contributed by atoms with Crippen LogP contribution in [0, 0.1) is 0 Å². The molecule has 0 fully saturated rings. The maximum absolute atomic E-state index is 13.0. The minimum absolute atomic E-state index is 0.00494. The van der Waals surface area contributed by atoms with Gasteiger partial charge in [0.2, 0.25) is 5.91 Å². The molecule has 1 aliphatic heterocycles. The van der Waals surface area contributed by atoms with Crippen LogP contribution in [-0.2, 0) is 24.3 Å². The zero-order valence-electron chi connectivity index (χ0n) is 14.5. The Kier molecular flexibility index (Phi) is 4.43. The number of amides is 1. The Morgan fingerprint density at radius 1 is 1.35 bits per heavy atom. The van der Waals surface area contributed by atoms with Gasteiger partial charge < -0.3 is 18.7 Å². The molecule has 134 valence electrons. The molecular weight excluding hydrogens is 332 g/mol. The number of benzene rings is 1. The van der Waals surface area contributed by atoms with Gasteiger partial charge in [0.1, 0.15) is 11.6 Å². The molecule has 3 aromatic rings. The molecule has 1 unspecified atom stereocenters. The topological polar surface area (TPSA) is 73.4 Å². The number of ether oxygens (including phenoxy) is 1. The highest BCUT2D eigenvalue weighted by atomic mass is 16.5. The average molecular weight is 352 g/mol. The predicted octanol–water partition coefficient (Wildman–Crippen LogP) is 2.60. The van der Waals surface area contributed by atoms with E-state index in [1.54, 1.807) is 12.3 Å². The van der Waals surface area contributed by atoms with E-state index in [0.29, 0.717) is 37.6 Å². The lowest BCUT2D eigenvalue weighted by molar-refractivity contribution is -0.136. The van der Waals surface area contributed by atoms with Crippen molar-refractivity contribution in [2.45, 2.75) is 32.0 Å². The first-order valence-corrected chi connectivity index (χ1v) is 8.58. The van der Waals surface area contributed by atoms with Crippen LogP contribution < -0.4 is 4.74 Å². The average Bonchev–Trinajstić information content (AvgIpc) is 3.34. The summed E-state index contributed by atoms with van der Waals surface area (Å²) in [5.74, 6) is 2.05. The van der Waals surface area contributed by atoms with Crippen molar-refractivity contribution >= 4 is 5.91 Å². The maximum atomic E-state index is 13.0. The van der Waals surface area contributed by atoms with Crippen molar-refractivity contribution in [2.24, 2.45) is 0 Å². The van der Waals surface area contributed by atoms with Gasteiger partial charge in [0.05, 0.1) is 19.7 Å². The number of hydrogen-bond donors (Lipinski definition) is 0. The molecule has 0 saturated heterocycles. The fraction of sp³-hybridized carbons (Fsp3) is 0.316. The van der Waals surface area contributed by atoms with E-state index in [1.807, 2.05) is 29.3 Å². The first kappa shape index (κ1) is 16.4. The van der Waals surface area contributed by atoms with Crippen LogP contribution >= 0.6 is 0 Å². The summed E-state index contributed by atoms with van der Waals surface area (Å²) < 4.78 is 12.3. The second-order valence-corrected chi connectivity index (χ2v) is 6.28. The molecule has 26 heavy (non-hydrogen) atoms. The predicted molar refractivity (Wildman–Crippen MR) is 93.3 cm³/mol. The van der Waals surface area contributed by atoms with Gasteiger partial charge in [-0.3, -0.25) is 4.79 Å². The summed E-state index contributed by atoms with van der Waals surface area (Å²) in [7, 11) is 1.53. The number of imidazole rings is 1. The minimum atomic E-state index is -0.00494. The van der Waals surface area contributed by atoms with Gasteiger partial charge >= 0.3 is 0 Å². The summed E-state index contributed by atoms with van der Waals surface area (Å²) in [6, 6.07) is 11.8. The summed E-state index contributed by atoms with van der Waals surface area (Å²) >= 11 is 0. The number of carbonyl (C=O) groups is 1. The highest BCUT2D eigenvalue weighted by molar-refractivity contribution is 5.77. The fourth-order valence-corrected chi connectivity index (χ4v) is 3.31. The van der Waals surface area contributed by atoms with Gasteiger partial charge in [0, 0.05) is 37.8 Å². The molecule has 0 radical (unpaired) electrons. The van der Waals surface area contributed by atoms with Gasteiger partial charge in [0.15, 0.2) is 0 Å². The Labute approximate surface area is 151 Å². The highest BCUT2D eigenvalue weighted by Crippen LogP contribution is 2.30. The third-order valence-electron chi connectivity index (χ3n) is 4.70. The number of hydrogen-bond acceptors (Lipinski definition) is 5. The zero-order chi connectivity index (χ0) is 17.9. The highest BCUT2D eigenvalue weighted by Gasteiger charge is 2.31. The molecule has 0 saturated carbocycles. The first-order valence-electron chi connectivity index (χ1n) is 8.58. The van der Waals surface area contributed by atoms with Crippen molar-refractivity contribution in [1.82, 2.24) is 19.6 Å². The lowest BCUT2D eigenvalue weighted by atomic mass is 10.0. The van der Waals surface area contributed by atoms with E-state index >= 15 is 0 Å². The summed E-state index contributed by atoms with van der Waals surface area (Å²) in [6.45, 7) is 1.21. The molecule has 7 heteroatoms. The normalized spacial score (nSPS) is 16.3. The van der Waals surface area contributed by atoms with Crippen LogP contribution in [0.4, 0.5) is 0 Å². The molecule has 0 bridgehead atoms. The minimum Gasteiger partial charge on any atom is -0.479 e. The summed E-state index contributed by atoms with van der Waals surface area (Å²) in [5, 5.41) is 3.78. The molecule has 4 rings (SSSR count). The van der Waals surface area contributed by atoms with Crippen LogP contribution in [-0.4, -0.2) is 32.6 Å². The number of aryl methyl sites for hydroxylation is 1. The Bertz CT molecular complexity index is 887. The lowest BCUT2D eigenvalue weighted by Gasteiger charge is -2.36. The Balaban J connectivity index is 1.52. The molecular formula is C19H20N4O3. The molecule has 1 aromatic carbocycles. The van der Waals surface area contributed by atoms with Crippen molar-refractivity contribution in [2.75, 3.05) is 7.11 Å². The molecule has 1 atom stereocenters. The molecule has 1 amide bonds. The smallest absolute Gasteiger partial charge is 0.254 e. The summed E-state index contributed by atoms with van der Waals surface area (Å²) in [5.41, 5.74) is 1.13. The summed E-state index contributed by atoms with van der Waals surface area (Å²) in [6.07, 6.45) is 4.59. The number of carbonyl (C=O) groups excluding carboxylic acids is 1. The van der Waals surface area contributed by atoms with Crippen molar-refractivity contribution in [3.05, 3.63) is 65.9 Å². The number of rotatable bonds is 5. The van der Waals surface area contributed by atoms with Crippen LogP contribution in [0.2, 0.25) is 0 Å². The van der Waals surface area contributed by atoms with Gasteiger partial charge in [-0.15, -0.1) is 0 Å². The third kappa shape index (κ3) is 3.20. The molecule has 0 N–H and O–H groups in total. The second kappa shape index (κ2) is 7.03. The molecule has 3 heterocycles. The SMILES string of the molecule is COc1cc(CCC(=O)N2Cc3nccn3CC2c2ccccc2)on1. The summed E-state index contributed by atoms with van der Waals surface area (Å²) in [4.78, 5) is 19.2. The van der Waals surface area contributed by atoms with Crippen molar-refractivity contribution < 1.29 is 14.1 Å². The van der Waals surface area contributed by atoms with Gasteiger partial charge in [-0.05, 0) is 10.7 Å². The Hall–Kier alpha value is -3.09. The molecule has 7 nitrogen and oxygen atoms in total. The van der Waals surface area contributed by atoms with Gasteiger partial charge in [-0.2, -0.15) is 0 Å². The number of aromatic nitrogens is 3. The second-order valence-electron chi connectivity index (χ2n) is 6.28. The van der Waals surface area contributed by atoms with E-state index in [9.17, 15) is 4.79 Å². The standard InChI is InChI=1S/C19H20N4O3/c1-25-18-11-15(26-21-18)7-8-19(24)23-13-17-20-9-10-22(17)12-16(23)14-5-3-2-4-6-14/h2-6,9-11,16H,7-8,12-13H2,1H3. The largest absolute Gasteiger partial charge is 0.479 e. The monoisotopic (exact) mass is 352 g/mol. The quantitative estimate of drug-likeness (QED) is 0.706. The van der Waals surface area contributed by atoms with Gasteiger partial charge in [-0.25, -0.2) is 4.98 Å². The zero-order valence-corrected chi connectivity index (χ0v) is 14.5. The van der Waals surface area contributed by atoms with Crippen LogP contribution in [0.3, 0.4) is 0 Å². The van der Waals surface area contributed by atoms with Crippen molar-refractivity contribution in [3.8, 4) is 5.88 Å². The van der Waals surface area contributed by atoms with Crippen LogP contribution in [0.25, 0.3) is 0 Å². The van der Waals surface area contributed by atoms with Crippen molar-refractivity contribution in [1.29, 1.82) is 0 Å². The lowest BCUT2D eigenvalue weighted by Crippen LogP contribution is -2.41. The van der Waals surface area contributed by atoms with E-state index in [2.05, 4.69) is 26.8 Å². The van der Waals surface area contributed by atoms with Gasteiger partial charge in [-0.1, -0.05) is 30.3 Å². The van der Waals surface area contributed by atoms with E-state index in [1.165, 1.54) is 7.11 Å². The number of methoxy groups -OCH3 is 1. The maximum Gasteiger partial charge on any atom is 0.254 e. The van der Waals surface area contributed by atoms with Gasteiger partial charge in [0.25, 0.3) is 5.88 Å². The van der Waals surface area contributed by atoms with E-state index < -0.39 is 0 Å². The molecule has 1 aliphatic rings. The van der Waals surface area contributed by atoms with Crippen molar-refractivity contribution in [3.63, 3.8) is 0 Å². The van der Waals surface area contributed by atoms with Crippen LogP contribution in [0.5, 0.6) is 5.88 Å². The number of nitrogens with zero attached hydrogens (tertiary/aromatic N) is 4. The number of fused-ring (bicyclic) bond motifs is 1. The van der Waals surface area contributed by atoms with E-state index in [0.717, 1.165) is 11.4 Å². The van der Waals surface area contributed by atoms with E-state index in [4.69, 9.17) is 9.26 Å². The third-order valence-corrected chi connectivity index (χ3v) is 4.70. The van der Waals surface area contributed by atoms with Crippen LogP contribution in [0.15, 0.2) is 53.3 Å². The molecule has 0 spiro atoms.